The maximum atomic E-state index is 11.3. The molecule has 0 unspecified atom stereocenters. The molecule has 10 nitrogen and oxygen atoms in total. The molecule has 0 aliphatic heterocycles. The summed E-state index contributed by atoms with van der Waals surface area (Å²) in [5.41, 5.74) is 4.30. The molecule has 0 heterocycles. The molecule has 0 aliphatic rings. The van der Waals surface area contributed by atoms with Crippen molar-refractivity contribution in [3.8, 4) is 0 Å². The minimum Gasteiger partial charge on any atom is -0.478 e. The maximum Gasteiger partial charge on any atom is 0.335 e. The van der Waals surface area contributed by atoms with Crippen molar-refractivity contribution in [2.75, 3.05) is 5.73 Å². The van der Waals surface area contributed by atoms with Crippen molar-refractivity contribution in [1.29, 1.82) is 0 Å². The van der Waals surface area contributed by atoms with Crippen LogP contribution in [0, 0.1) is 0 Å². The zero-order valence-electron chi connectivity index (χ0n) is 40.9. The molecule has 0 amide bonds. The summed E-state index contributed by atoms with van der Waals surface area (Å²) in [7, 11) is 0. The number of carbonyl (C=O) groups is 1. The van der Waals surface area contributed by atoms with Gasteiger partial charge in [-0.1, -0.05) is 23.3 Å². The second-order valence-electron chi connectivity index (χ2n) is 21.8. The molecule has 6 atom stereocenters. The van der Waals surface area contributed by atoms with Crippen molar-refractivity contribution in [2.24, 2.45) is 0 Å². The van der Waals surface area contributed by atoms with Gasteiger partial charge < -0.3 is 46.6 Å². The Morgan fingerprint density at radius 1 is 0.500 bits per heavy atom. The highest BCUT2D eigenvalue weighted by Gasteiger charge is 2.30. The SMILES string of the molecule is C/C(=C\Cc1cc(C(=O)O)ccc1N)CC/C=C(\C)CCC[C@](C)(O)CCC[C@@](C)(O)CCC[C@@](C)(O)CCC[C@](C)(O)CCC[C@](C)(O)CCC[C@](C)(O)CCCC(C)(C)O. The zero-order valence-corrected chi connectivity index (χ0v) is 40.9. The minimum atomic E-state index is -0.960. The average Bonchev–Trinajstić information content (AvgIpc) is 3.09. The Morgan fingerprint density at radius 2 is 0.823 bits per heavy atom. The van der Waals surface area contributed by atoms with Gasteiger partial charge in [-0.2, -0.15) is 0 Å². The Labute approximate surface area is 377 Å². The third-order valence-corrected chi connectivity index (χ3v) is 13.0. The number of carboxylic acids is 1. The highest BCUT2D eigenvalue weighted by atomic mass is 16.4. The second kappa shape index (κ2) is 26.0. The van der Waals surface area contributed by atoms with Crippen molar-refractivity contribution < 1.29 is 45.6 Å². The lowest BCUT2D eigenvalue weighted by atomic mass is 9.83. The van der Waals surface area contributed by atoms with Crippen LogP contribution in [0.4, 0.5) is 5.69 Å². The van der Waals surface area contributed by atoms with Crippen LogP contribution in [-0.2, 0) is 6.42 Å². The van der Waals surface area contributed by atoms with Crippen molar-refractivity contribution >= 4 is 11.7 Å². The molecule has 0 spiro atoms. The van der Waals surface area contributed by atoms with Crippen LogP contribution in [0.5, 0.6) is 0 Å². The number of anilines is 1. The quantitative estimate of drug-likeness (QED) is 0.0237. The highest BCUT2D eigenvalue weighted by molar-refractivity contribution is 5.88. The van der Waals surface area contributed by atoms with Crippen molar-refractivity contribution in [3.05, 3.63) is 52.6 Å². The number of benzene rings is 1. The lowest BCUT2D eigenvalue weighted by Gasteiger charge is -2.31. The molecule has 0 aromatic heterocycles. The molecule has 1 rings (SSSR count). The number of nitrogens with two attached hydrogens (primary N) is 1. The number of aliphatic hydroxyl groups is 7. The smallest absolute Gasteiger partial charge is 0.335 e. The summed E-state index contributed by atoms with van der Waals surface area (Å²) in [6, 6.07) is 4.80. The largest absolute Gasteiger partial charge is 0.478 e. The van der Waals surface area contributed by atoms with Crippen LogP contribution < -0.4 is 5.73 Å². The van der Waals surface area contributed by atoms with Gasteiger partial charge in [-0.05, 0) is 247 Å². The van der Waals surface area contributed by atoms with Crippen molar-refractivity contribution in [3.63, 3.8) is 0 Å². The van der Waals surface area contributed by atoms with E-state index in [-0.39, 0.29) is 5.56 Å². The number of aromatic carboxylic acids is 1. The standard InChI is InChI=1S/C52H93NO9/c1-40(19-11-20-41(2)22-23-42-39-43(45(54)55)24-25-44(42)53)21-12-27-47(5,57)29-14-31-49(7,59)33-16-35-51(9,61)37-18-38-52(10,62)36-17-34-50(8,60)32-15-30-48(6,58)28-13-26-46(3,4)56/h19,22,24-25,39,56-62H,11-18,20-21,23,26-38,53H2,1-10H3,(H,54,55)/b40-19+,41-22+/t47-,48+,49+,50+,51+,52+/m0/s1. The van der Waals surface area contributed by atoms with E-state index in [0.29, 0.717) is 128 Å². The van der Waals surface area contributed by atoms with E-state index in [1.807, 2.05) is 41.5 Å². The van der Waals surface area contributed by atoms with Gasteiger partial charge in [-0.25, -0.2) is 4.79 Å². The maximum absolute atomic E-state index is 11.3. The topological polar surface area (TPSA) is 205 Å². The van der Waals surface area contributed by atoms with Gasteiger partial charge in [0.15, 0.2) is 0 Å². The van der Waals surface area contributed by atoms with Gasteiger partial charge in [0, 0.05) is 5.69 Å². The summed E-state index contributed by atoms with van der Waals surface area (Å²) in [6.07, 6.45) is 20.4. The molecule has 0 aliphatic carbocycles. The van der Waals surface area contributed by atoms with Gasteiger partial charge in [0.25, 0.3) is 0 Å². The monoisotopic (exact) mass is 876 g/mol. The second-order valence-corrected chi connectivity index (χ2v) is 21.8. The highest BCUT2D eigenvalue weighted by Crippen LogP contribution is 2.32. The minimum absolute atomic E-state index is 0.239. The Morgan fingerprint density at radius 3 is 1.16 bits per heavy atom. The molecule has 0 fully saturated rings. The molecule has 1 aromatic carbocycles. The first-order valence-corrected chi connectivity index (χ1v) is 23.8. The van der Waals surface area contributed by atoms with Crippen molar-refractivity contribution in [2.45, 2.75) is 263 Å². The summed E-state index contributed by atoms with van der Waals surface area (Å²) >= 11 is 0. The number of carboxylic acid groups (broad SMARTS) is 1. The van der Waals surface area contributed by atoms with Gasteiger partial charge in [-0.3, -0.25) is 0 Å². The normalized spacial score (nSPS) is 18.9. The van der Waals surface area contributed by atoms with E-state index in [2.05, 4.69) is 26.0 Å². The van der Waals surface area contributed by atoms with Gasteiger partial charge in [0.2, 0.25) is 0 Å². The fraction of sp³-hybridized carbons (Fsp3) is 0.788. The summed E-state index contributed by atoms with van der Waals surface area (Å²) in [4.78, 5) is 11.3. The average molecular weight is 876 g/mol. The first-order valence-electron chi connectivity index (χ1n) is 23.8. The number of nitrogen functional groups attached to an aromatic ring is 1. The van der Waals surface area contributed by atoms with E-state index in [1.165, 1.54) is 17.2 Å². The fourth-order valence-corrected chi connectivity index (χ4v) is 8.60. The lowest BCUT2D eigenvalue weighted by Crippen LogP contribution is -2.31. The molecule has 10 N–H and O–H groups in total. The first kappa shape index (κ1) is 57.7. The molecule has 360 valence electrons. The molecule has 0 saturated heterocycles. The molecule has 62 heavy (non-hydrogen) atoms. The summed E-state index contributed by atoms with van der Waals surface area (Å²) < 4.78 is 0. The fourth-order valence-electron chi connectivity index (χ4n) is 8.60. The Hall–Kier alpha value is -2.31. The third kappa shape index (κ3) is 28.5. The summed E-state index contributed by atoms with van der Waals surface area (Å²) in [5, 5.41) is 85.2. The van der Waals surface area contributed by atoms with Crippen LogP contribution in [0.1, 0.15) is 233 Å². The molecular weight excluding hydrogens is 783 g/mol. The lowest BCUT2D eigenvalue weighted by molar-refractivity contribution is -0.00779. The first-order chi connectivity index (χ1) is 28.3. The van der Waals surface area contributed by atoms with Crippen LogP contribution in [-0.4, -0.2) is 86.0 Å². The van der Waals surface area contributed by atoms with E-state index in [1.54, 1.807) is 26.0 Å². The van der Waals surface area contributed by atoms with Crippen LogP contribution in [0.2, 0.25) is 0 Å². The van der Waals surface area contributed by atoms with Gasteiger partial charge in [0.1, 0.15) is 0 Å². The van der Waals surface area contributed by atoms with Crippen LogP contribution in [0.3, 0.4) is 0 Å². The number of hydrogen-bond acceptors (Lipinski definition) is 9. The van der Waals surface area contributed by atoms with Gasteiger partial charge >= 0.3 is 5.97 Å². The third-order valence-electron chi connectivity index (χ3n) is 13.0. The van der Waals surface area contributed by atoms with E-state index >= 15 is 0 Å². The summed E-state index contributed by atoms with van der Waals surface area (Å²) in [5.74, 6) is -0.960. The van der Waals surface area contributed by atoms with E-state index in [4.69, 9.17) is 5.73 Å². The zero-order chi connectivity index (χ0) is 47.5. The van der Waals surface area contributed by atoms with Crippen LogP contribution in [0.25, 0.3) is 0 Å². The summed E-state index contributed by atoms with van der Waals surface area (Å²) in [6.45, 7) is 18.8. The van der Waals surface area contributed by atoms with Gasteiger partial charge in [-0.15, -0.1) is 0 Å². The van der Waals surface area contributed by atoms with Crippen LogP contribution >= 0.6 is 0 Å². The van der Waals surface area contributed by atoms with Crippen molar-refractivity contribution in [1.82, 2.24) is 0 Å². The number of allylic oxidation sites excluding steroid dienone is 4. The Balaban J connectivity index is 2.31. The number of hydrogen-bond donors (Lipinski definition) is 9. The molecule has 0 bridgehead atoms. The van der Waals surface area contributed by atoms with E-state index in [9.17, 15) is 45.6 Å². The Kier molecular flexibility index (Phi) is 24.2. The predicted octanol–water partition coefficient (Wildman–Crippen LogP) is 10.7. The molecule has 0 radical (unpaired) electrons. The number of rotatable bonds is 34. The molecule has 0 saturated carbocycles. The van der Waals surface area contributed by atoms with E-state index in [0.717, 1.165) is 37.7 Å². The molecular formula is C52H93NO9. The van der Waals surface area contributed by atoms with E-state index < -0.39 is 45.2 Å². The Bertz CT molecular complexity index is 1510. The molecule has 10 heteroatoms. The predicted molar refractivity (Wildman–Crippen MR) is 255 cm³/mol. The van der Waals surface area contributed by atoms with Gasteiger partial charge in [0.05, 0.1) is 44.8 Å². The molecule has 1 aromatic rings. The van der Waals surface area contributed by atoms with Crippen LogP contribution in [0.15, 0.2) is 41.5 Å².